The highest BCUT2D eigenvalue weighted by molar-refractivity contribution is 6.78. The molecule has 0 aliphatic carbocycles. The van der Waals surface area contributed by atoms with Crippen molar-refractivity contribution in [2.24, 2.45) is 0 Å². The maximum absolute atomic E-state index is 11.6. The Bertz CT molecular complexity index is 450. The summed E-state index contributed by atoms with van der Waals surface area (Å²) in [4.78, 5) is 0. The van der Waals surface area contributed by atoms with E-state index in [1.807, 2.05) is 0 Å². The lowest BCUT2D eigenvalue weighted by molar-refractivity contribution is 0.0857. The quantitative estimate of drug-likeness (QED) is 0.483. The van der Waals surface area contributed by atoms with Crippen LogP contribution in [0.5, 0.6) is 0 Å². The first-order valence-electron chi connectivity index (χ1n) is 5.53. The van der Waals surface area contributed by atoms with Gasteiger partial charge in [0.2, 0.25) is 8.13 Å². The van der Waals surface area contributed by atoms with Crippen LogP contribution in [0.15, 0.2) is 24.3 Å². The molecule has 0 aliphatic heterocycles. The van der Waals surface area contributed by atoms with Crippen LogP contribution in [0.1, 0.15) is 30.6 Å². The predicted molar refractivity (Wildman–Crippen MR) is 88.3 cm³/mol. The van der Waals surface area contributed by atoms with Gasteiger partial charge in [0, 0.05) is 0 Å². The zero-order chi connectivity index (χ0) is 15.8. The fourth-order valence-corrected chi connectivity index (χ4v) is 2.97. The molecule has 1 aromatic rings. The summed E-state index contributed by atoms with van der Waals surface area (Å²) in [7, 11) is 0. The van der Waals surface area contributed by atoms with Gasteiger partial charge in [-0.25, -0.2) is 5.11 Å². The first kappa shape index (κ1) is 19.3. The second kappa shape index (κ2) is 6.76. The lowest BCUT2D eigenvalue weighted by Crippen LogP contribution is -2.45. The Balaban J connectivity index is 3.17. The topological polar surface area (TPSA) is 19.9 Å². The van der Waals surface area contributed by atoms with Gasteiger partial charge in [0.05, 0.1) is 0 Å². The number of benzene rings is 1. The van der Waals surface area contributed by atoms with Crippen molar-refractivity contribution >= 4 is 81.2 Å². The summed E-state index contributed by atoms with van der Waals surface area (Å²) in [6.07, 6.45) is -0.357. The Kier molecular flexibility index (Phi) is 6.51. The Morgan fingerprint density at radius 1 is 0.950 bits per heavy atom. The SMILES string of the molecule is CCC([O])c1ccc(C(Cl)(Cl)C(Cl)(Cl)C(Cl)(Cl)Cl)cc1. The van der Waals surface area contributed by atoms with E-state index >= 15 is 0 Å². The van der Waals surface area contributed by atoms with E-state index in [1.54, 1.807) is 19.1 Å². The number of alkyl halides is 7. The molecule has 0 saturated heterocycles. The fraction of sp³-hybridized carbons (Fsp3) is 0.500. The van der Waals surface area contributed by atoms with E-state index in [1.165, 1.54) is 12.1 Å². The van der Waals surface area contributed by atoms with Gasteiger partial charge in [-0.3, -0.25) is 0 Å². The van der Waals surface area contributed by atoms with Crippen LogP contribution >= 0.6 is 81.2 Å². The van der Waals surface area contributed by atoms with Crippen molar-refractivity contribution < 1.29 is 5.11 Å². The van der Waals surface area contributed by atoms with Crippen LogP contribution in [0.25, 0.3) is 0 Å². The summed E-state index contributed by atoms with van der Waals surface area (Å²) in [5.41, 5.74) is 0.924. The summed E-state index contributed by atoms with van der Waals surface area (Å²) in [5.74, 6) is 0. The third-order valence-electron chi connectivity index (χ3n) is 2.77. The van der Waals surface area contributed by atoms with Crippen LogP contribution in [-0.4, -0.2) is 8.13 Å². The van der Waals surface area contributed by atoms with Gasteiger partial charge < -0.3 is 0 Å². The molecule has 1 rings (SSSR count). The lowest BCUT2D eigenvalue weighted by atomic mass is 10.0. The van der Waals surface area contributed by atoms with Crippen molar-refractivity contribution in [3.8, 4) is 0 Å². The highest BCUT2D eigenvalue weighted by Gasteiger charge is 2.60. The molecule has 0 aromatic heterocycles. The molecule has 113 valence electrons. The van der Waals surface area contributed by atoms with Crippen LogP contribution < -0.4 is 0 Å². The molecule has 0 aliphatic rings. The average molecular weight is 418 g/mol. The molecule has 0 N–H and O–H groups in total. The molecule has 1 radical (unpaired) electrons. The van der Waals surface area contributed by atoms with Gasteiger partial charge in [-0.05, 0) is 17.5 Å². The van der Waals surface area contributed by atoms with E-state index < -0.39 is 18.6 Å². The molecule has 0 bridgehead atoms. The van der Waals surface area contributed by atoms with Crippen LogP contribution in [0.3, 0.4) is 0 Å². The number of halogens is 7. The summed E-state index contributed by atoms with van der Waals surface area (Å²) >= 11 is 41.5. The molecule has 8 heteroatoms. The summed E-state index contributed by atoms with van der Waals surface area (Å²) in [5, 5.41) is 11.6. The van der Waals surface area contributed by atoms with Gasteiger partial charge in [-0.2, -0.15) is 0 Å². The van der Waals surface area contributed by atoms with E-state index in [0.717, 1.165) is 0 Å². The Morgan fingerprint density at radius 3 is 1.75 bits per heavy atom. The molecular formula is C12H10Cl7O. The van der Waals surface area contributed by atoms with Gasteiger partial charge in [-0.1, -0.05) is 112 Å². The smallest absolute Gasteiger partial charge is 0.226 e. The van der Waals surface area contributed by atoms with Crippen LogP contribution in [-0.2, 0) is 9.44 Å². The largest absolute Gasteiger partial charge is 0.228 e. The van der Waals surface area contributed by atoms with Crippen molar-refractivity contribution in [2.75, 3.05) is 0 Å². The Hall–Kier alpha value is 1.21. The minimum absolute atomic E-state index is 0.323. The van der Waals surface area contributed by atoms with Gasteiger partial charge in [-0.15, -0.1) is 0 Å². The molecule has 1 unspecified atom stereocenters. The standard InChI is InChI=1S/C12H10Cl7O/c1-2-9(20)7-3-5-8(6-4-7)10(13,14)11(15,16)12(17,18)19/h3-6,9H,2H2,1H3. The van der Waals surface area contributed by atoms with Gasteiger partial charge >= 0.3 is 0 Å². The van der Waals surface area contributed by atoms with Crippen molar-refractivity contribution in [1.82, 2.24) is 0 Å². The van der Waals surface area contributed by atoms with Crippen molar-refractivity contribution in [2.45, 2.75) is 31.9 Å². The number of rotatable bonds is 4. The van der Waals surface area contributed by atoms with Crippen molar-refractivity contribution in [3.63, 3.8) is 0 Å². The van der Waals surface area contributed by atoms with E-state index in [4.69, 9.17) is 81.2 Å². The zero-order valence-electron chi connectivity index (χ0n) is 10.1. The monoisotopic (exact) mass is 415 g/mol. The van der Waals surface area contributed by atoms with E-state index in [2.05, 4.69) is 0 Å². The Labute approximate surface area is 153 Å². The van der Waals surface area contributed by atoms with Crippen LogP contribution in [0.4, 0.5) is 0 Å². The van der Waals surface area contributed by atoms with Crippen molar-refractivity contribution in [3.05, 3.63) is 35.4 Å². The Morgan fingerprint density at radius 2 is 1.40 bits per heavy atom. The normalized spacial score (nSPS) is 15.2. The highest BCUT2D eigenvalue weighted by Crippen LogP contribution is 2.60. The summed E-state index contributed by atoms with van der Waals surface area (Å²) in [6.45, 7) is 1.80. The molecule has 1 aromatic carbocycles. The molecule has 1 atom stereocenters. The van der Waals surface area contributed by atoms with Crippen LogP contribution in [0, 0.1) is 0 Å². The predicted octanol–water partition coefficient (Wildman–Crippen LogP) is 6.74. The molecule has 0 fully saturated rings. The molecule has 0 heterocycles. The molecule has 20 heavy (non-hydrogen) atoms. The summed E-state index contributed by atoms with van der Waals surface area (Å²) in [6, 6.07) is 6.26. The molecule has 0 amide bonds. The van der Waals surface area contributed by atoms with E-state index in [9.17, 15) is 5.11 Å². The van der Waals surface area contributed by atoms with Crippen molar-refractivity contribution in [1.29, 1.82) is 0 Å². The van der Waals surface area contributed by atoms with Gasteiger partial charge in [0.1, 0.15) is 6.10 Å². The minimum Gasteiger partial charge on any atom is -0.228 e. The number of hydrogen-bond acceptors (Lipinski definition) is 0. The molecule has 0 saturated carbocycles. The second-order valence-corrected chi connectivity index (χ2v) is 9.10. The van der Waals surface area contributed by atoms with Gasteiger partial charge in [0.25, 0.3) is 0 Å². The zero-order valence-corrected chi connectivity index (χ0v) is 15.4. The van der Waals surface area contributed by atoms with E-state index in [-0.39, 0.29) is 0 Å². The maximum atomic E-state index is 11.6. The highest BCUT2D eigenvalue weighted by atomic mass is 35.6. The van der Waals surface area contributed by atoms with Crippen LogP contribution in [0.2, 0.25) is 0 Å². The molecular weight excluding hydrogens is 408 g/mol. The fourth-order valence-electron chi connectivity index (χ4n) is 1.50. The first-order chi connectivity index (χ1) is 8.95. The summed E-state index contributed by atoms with van der Waals surface area (Å²) < 4.78 is -6.07. The minimum atomic E-state index is -2.11. The lowest BCUT2D eigenvalue weighted by Gasteiger charge is -2.37. The first-order valence-corrected chi connectivity index (χ1v) is 8.18. The second-order valence-electron chi connectivity index (χ2n) is 4.17. The average Bonchev–Trinajstić information content (AvgIpc) is 2.36. The third-order valence-corrected chi connectivity index (χ3v) is 6.72. The van der Waals surface area contributed by atoms with E-state index in [0.29, 0.717) is 17.5 Å². The van der Waals surface area contributed by atoms with Gasteiger partial charge in [0.15, 0.2) is 4.33 Å². The number of hydrogen-bond donors (Lipinski definition) is 0. The third kappa shape index (κ3) is 3.75. The molecule has 0 spiro atoms. The molecule has 1 nitrogen and oxygen atoms in total. The maximum Gasteiger partial charge on any atom is 0.226 e.